The van der Waals surface area contributed by atoms with Gasteiger partial charge in [-0.05, 0) is 53.6 Å². The molecular formula is C30H20ClF7N2O3. The van der Waals surface area contributed by atoms with E-state index in [2.05, 4.69) is 19.8 Å². The molecule has 1 aliphatic rings. The molecule has 43 heavy (non-hydrogen) atoms. The summed E-state index contributed by atoms with van der Waals surface area (Å²) in [6, 6.07) is 16.9. The summed E-state index contributed by atoms with van der Waals surface area (Å²) in [5.41, 5.74) is -2.45. The molecule has 0 saturated carbocycles. The molecule has 0 radical (unpaired) electrons. The van der Waals surface area contributed by atoms with Crippen molar-refractivity contribution in [2.24, 2.45) is 0 Å². The minimum Gasteiger partial charge on any atom is -0.421 e. The molecule has 1 aliphatic heterocycles. The Kier molecular flexibility index (Phi) is 7.54. The number of fused-ring (bicyclic) bond motifs is 1. The van der Waals surface area contributed by atoms with E-state index < -0.39 is 52.5 Å². The zero-order chi connectivity index (χ0) is 31.2. The van der Waals surface area contributed by atoms with Gasteiger partial charge in [-0.2, -0.15) is 17.6 Å². The third-order valence-corrected chi connectivity index (χ3v) is 6.98. The van der Waals surface area contributed by atoms with Crippen molar-refractivity contribution in [1.82, 2.24) is 10.3 Å². The molecule has 0 aliphatic carbocycles. The summed E-state index contributed by atoms with van der Waals surface area (Å²) >= 11 is 6.05. The molecule has 5 nitrogen and oxygen atoms in total. The van der Waals surface area contributed by atoms with E-state index in [0.717, 1.165) is 18.2 Å². The van der Waals surface area contributed by atoms with E-state index >= 15 is 0 Å². The van der Waals surface area contributed by atoms with E-state index in [-0.39, 0.29) is 28.3 Å². The number of rotatable bonds is 7. The molecule has 0 spiro atoms. The van der Waals surface area contributed by atoms with Crippen molar-refractivity contribution in [1.29, 1.82) is 0 Å². The summed E-state index contributed by atoms with van der Waals surface area (Å²) in [5.74, 6) is -7.28. The second-order valence-corrected chi connectivity index (χ2v) is 10.3. The Morgan fingerprint density at radius 1 is 0.907 bits per heavy atom. The van der Waals surface area contributed by atoms with Crippen LogP contribution in [0.1, 0.15) is 39.7 Å². The van der Waals surface area contributed by atoms with Crippen LogP contribution in [-0.4, -0.2) is 23.1 Å². The maximum absolute atomic E-state index is 14.2. The molecule has 4 aromatic rings. The lowest BCUT2D eigenvalue weighted by Gasteiger charge is -2.37. The van der Waals surface area contributed by atoms with Crippen LogP contribution in [0.15, 0.2) is 85.1 Å². The first-order valence-electron chi connectivity index (χ1n) is 12.6. The van der Waals surface area contributed by atoms with Gasteiger partial charge in [-0.3, -0.25) is 9.78 Å². The van der Waals surface area contributed by atoms with Crippen molar-refractivity contribution in [3.05, 3.63) is 124 Å². The number of hydrogen-bond donors (Lipinski definition) is 1. The summed E-state index contributed by atoms with van der Waals surface area (Å²) in [4.78, 5) is 18.1. The quantitative estimate of drug-likeness (QED) is 0.213. The third kappa shape index (κ3) is 5.83. The van der Waals surface area contributed by atoms with Crippen LogP contribution < -0.4 is 14.8 Å². The van der Waals surface area contributed by atoms with E-state index in [1.807, 2.05) is 0 Å². The Labute approximate surface area is 245 Å². The SMILES string of the molecule is CC(F)(F)c1cc(C(=O)N[C@@](Cc2ccccc2)(c2ccc3c(c2)OC(F)(F)C(F)(F)O3)c2ccc(Cl)cn2)ccc1F. The monoisotopic (exact) mass is 624 g/mol. The van der Waals surface area contributed by atoms with Crippen LogP contribution in [0.25, 0.3) is 0 Å². The lowest BCUT2D eigenvalue weighted by Crippen LogP contribution is -2.52. The van der Waals surface area contributed by atoms with Crippen molar-refractivity contribution in [3.8, 4) is 11.5 Å². The number of halogens is 8. The van der Waals surface area contributed by atoms with Crippen molar-refractivity contribution in [3.63, 3.8) is 0 Å². The Bertz CT molecular complexity index is 1670. The van der Waals surface area contributed by atoms with E-state index in [1.54, 1.807) is 30.3 Å². The standard InChI is InChI=1S/C30H20ClF7N2O3/c1-27(33,34)21-13-18(7-10-22(21)32)26(41)40-28(15-17-5-3-2-4-6-17,25-12-9-20(31)16-39-25)19-8-11-23-24(14-19)43-30(37,38)29(35,36)42-23/h2-14,16H,15H2,1H3,(H,40,41)/t28-/m0/s1. The van der Waals surface area contributed by atoms with Crippen molar-refractivity contribution in [2.45, 2.75) is 37.0 Å². The van der Waals surface area contributed by atoms with Crippen LogP contribution in [0, 0.1) is 5.82 Å². The fraction of sp³-hybridized carbons (Fsp3) is 0.200. The largest absolute Gasteiger partial charge is 0.507 e. The van der Waals surface area contributed by atoms with Crippen LogP contribution >= 0.6 is 11.6 Å². The first-order chi connectivity index (χ1) is 20.1. The number of pyridine rings is 1. The van der Waals surface area contributed by atoms with Gasteiger partial charge in [-0.15, -0.1) is 0 Å². The second-order valence-electron chi connectivity index (χ2n) is 9.87. The van der Waals surface area contributed by atoms with Gasteiger partial charge < -0.3 is 14.8 Å². The predicted molar refractivity (Wildman–Crippen MR) is 141 cm³/mol. The van der Waals surface area contributed by atoms with E-state index in [9.17, 15) is 35.5 Å². The molecule has 0 fully saturated rings. The number of ether oxygens (including phenoxy) is 2. The lowest BCUT2D eigenvalue weighted by molar-refractivity contribution is -0.391. The molecule has 1 atom stereocenters. The normalized spacial score (nSPS) is 16.7. The van der Waals surface area contributed by atoms with Crippen LogP contribution in [0.3, 0.4) is 0 Å². The first kappa shape index (κ1) is 30.1. The molecule has 5 rings (SSSR count). The minimum atomic E-state index is -5.03. The molecular weight excluding hydrogens is 605 g/mol. The number of benzene rings is 3. The number of hydrogen-bond acceptors (Lipinski definition) is 4. The van der Waals surface area contributed by atoms with Gasteiger partial charge in [0.05, 0.1) is 16.3 Å². The number of nitrogens with one attached hydrogen (secondary N) is 1. The number of carbonyl (C=O) groups is 1. The fourth-order valence-electron chi connectivity index (χ4n) is 4.65. The van der Waals surface area contributed by atoms with Gasteiger partial charge in [0.2, 0.25) is 0 Å². The number of amides is 1. The second kappa shape index (κ2) is 10.7. The number of carbonyl (C=O) groups excluding carboxylic acids is 1. The molecule has 0 bridgehead atoms. The number of nitrogens with zero attached hydrogens (tertiary/aromatic N) is 1. The van der Waals surface area contributed by atoms with Crippen molar-refractivity contribution >= 4 is 17.5 Å². The summed E-state index contributed by atoms with van der Waals surface area (Å²) in [5, 5.41) is 2.95. The minimum absolute atomic E-state index is 0.0195. The highest BCUT2D eigenvalue weighted by molar-refractivity contribution is 6.30. The van der Waals surface area contributed by atoms with Gasteiger partial charge in [-0.1, -0.05) is 48.0 Å². The maximum atomic E-state index is 14.2. The first-order valence-corrected chi connectivity index (χ1v) is 12.9. The molecule has 1 N–H and O–H groups in total. The summed E-state index contributed by atoms with van der Waals surface area (Å²) in [6.07, 6.45) is -8.85. The van der Waals surface area contributed by atoms with Gasteiger partial charge in [0.15, 0.2) is 11.5 Å². The van der Waals surface area contributed by atoms with Gasteiger partial charge in [0.1, 0.15) is 11.4 Å². The van der Waals surface area contributed by atoms with Crippen LogP contribution in [0.5, 0.6) is 11.5 Å². The van der Waals surface area contributed by atoms with Crippen LogP contribution in [-0.2, 0) is 17.9 Å². The van der Waals surface area contributed by atoms with Crippen molar-refractivity contribution in [2.75, 3.05) is 0 Å². The fourth-order valence-corrected chi connectivity index (χ4v) is 4.76. The molecule has 3 aromatic carbocycles. The average molecular weight is 625 g/mol. The third-order valence-electron chi connectivity index (χ3n) is 6.76. The molecule has 2 heterocycles. The van der Waals surface area contributed by atoms with Gasteiger partial charge in [0, 0.05) is 25.1 Å². The van der Waals surface area contributed by atoms with E-state index in [4.69, 9.17) is 11.6 Å². The van der Waals surface area contributed by atoms with Crippen molar-refractivity contribution < 1.29 is 45.0 Å². The Balaban J connectivity index is 1.70. The highest BCUT2D eigenvalue weighted by Crippen LogP contribution is 2.48. The highest BCUT2D eigenvalue weighted by Gasteiger charge is 2.66. The van der Waals surface area contributed by atoms with Gasteiger partial charge in [0.25, 0.3) is 11.8 Å². The number of alkyl halides is 6. The summed E-state index contributed by atoms with van der Waals surface area (Å²) in [7, 11) is 0. The Hall–Kier alpha value is -4.32. The lowest BCUT2D eigenvalue weighted by atomic mass is 9.80. The summed E-state index contributed by atoms with van der Waals surface area (Å²) < 4.78 is 107. The van der Waals surface area contributed by atoms with E-state index in [1.165, 1.54) is 24.4 Å². The summed E-state index contributed by atoms with van der Waals surface area (Å²) in [6.45, 7) is 0.471. The van der Waals surface area contributed by atoms with Gasteiger partial charge in [-0.25, -0.2) is 13.2 Å². The van der Waals surface area contributed by atoms with Crippen LogP contribution in [0.2, 0.25) is 5.02 Å². The van der Waals surface area contributed by atoms with Gasteiger partial charge >= 0.3 is 12.2 Å². The molecule has 0 unspecified atom stereocenters. The maximum Gasteiger partial charge on any atom is 0.507 e. The zero-order valence-electron chi connectivity index (χ0n) is 22.0. The molecule has 13 heteroatoms. The number of aromatic nitrogens is 1. The Morgan fingerprint density at radius 3 is 2.21 bits per heavy atom. The zero-order valence-corrected chi connectivity index (χ0v) is 22.7. The molecule has 0 saturated heterocycles. The smallest absolute Gasteiger partial charge is 0.421 e. The predicted octanol–water partition coefficient (Wildman–Crippen LogP) is 7.86. The molecule has 224 valence electrons. The molecule has 1 amide bonds. The average Bonchev–Trinajstić information content (AvgIpc) is 2.93. The Morgan fingerprint density at radius 2 is 1.58 bits per heavy atom. The topological polar surface area (TPSA) is 60.5 Å². The molecule has 1 aromatic heterocycles. The highest BCUT2D eigenvalue weighted by atomic mass is 35.5. The van der Waals surface area contributed by atoms with Crippen LogP contribution in [0.4, 0.5) is 30.7 Å². The van der Waals surface area contributed by atoms with E-state index in [0.29, 0.717) is 24.6 Å².